The number of likely N-dealkylation sites (tertiary alicyclic amines) is 1. The van der Waals surface area contributed by atoms with Crippen LogP contribution in [0.3, 0.4) is 0 Å². The highest BCUT2D eigenvalue weighted by Gasteiger charge is 2.38. The van der Waals surface area contributed by atoms with Gasteiger partial charge in [0.1, 0.15) is 11.9 Å². The monoisotopic (exact) mass is 663 g/mol. The largest absolute Gasteiger partial charge is 0.491 e. The Balaban J connectivity index is 1.64. The van der Waals surface area contributed by atoms with Crippen molar-refractivity contribution in [1.29, 1.82) is 0 Å². The van der Waals surface area contributed by atoms with E-state index in [-0.39, 0.29) is 40.8 Å². The van der Waals surface area contributed by atoms with Crippen LogP contribution in [0.2, 0.25) is 0 Å². The number of sulfone groups is 1. The van der Waals surface area contributed by atoms with Crippen molar-refractivity contribution in [2.24, 2.45) is 0 Å². The molecule has 1 aliphatic rings. The number of halogens is 1. The van der Waals surface area contributed by atoms with Gasteiger partial charge in [-0.25, -0.2) is 22.6 Å². The van der Waals surface area contributed by atoms with Gasteiger partial charge in [0.25, 0.3) is 0 Å². The molecule has 5 rings (SSSR count). The number of carbonyl (C=O) groups is 2. The number of fused-ring (bicyclic) bond motifs is 1. The summed E-state index contributed by atoms with van der Waals surface area (Å²) in [7, 11) is -3.75. The number of nitrogens with one attached hydrogen (secondary N) is 2. The number of carboxylic acid groups (broad SMARTS) is 1. The molecule has 0 saturated carbocycles. The number of nitrogen functional groups attached to an aromatic ring is 1. The van der Waals surface area contributed by atoms with Crippen LogP contribution in [0.5, 0.6) is 5.75 Å². The number of aromatic nitrogens is 1. The number of anilines is 3. The molecule has 0 spiro atoms. The SMILES string of the molecule is CCOc1cc(CC)cc([C@@H](Nc2ccc3c(N)nccc3c2)C(=O)N2CCC[C@@H]2c2cc(NC(=O)O)ccc2S(=O)(=O)CC)c1F. The van der Waals surface area contributed by atoms with Crippen LogP contribution < -0.4 is 21.1 Å². The normalized spacial score (nSPS) is 15.4. The molecule has 0 radical (unpaired) electrons. The zero-order chi connectivity index (χ0) is 33.9. The molecule has 2 amide bonds. The zero-order valence-electron chi connectivity index (χ0n) is 26.4. The van der Waals surface area contributed by atoms with E-state index >= 15 is 4.39 Å². The molecule has 13 heteroatoms. The van der Waals surface area contributed by atoms with Crippen LogP contribution in [-0.2, 0) is 21.1 Å². The lowest BCUT2D eigenvalue weighted by Crippen LogP contribution is -2.38. The Morgan fingerprint density at radius 1 is 1.11 bits per heavy atom. The number of amides is 2. The average Bonchev–Trinajstić information content (AvgIpc) is 3.54. The maximum atomic E-state index is 16.2. The van der Waals surface area contributed by atoms with Crippen molar-refractivity contribution in [3.8, 4) is 5.75 Å². The van der Waals surface area contributed by atoms with Crippen LogP contribution in [0.1, 0.15) is 62.4 Å². The molecular weight excluding hydrogens is 625 g/mol. The molecule has 5 N–H and O–H groups in total. The van der Waals surface area contributed by atoms with Gasteiger partial charge in [-0.3, -0.25) is 10.1 Å². The van der Waals surface area contributed by atoms with E-state index in [1.54, 1.807) is 54.4 Å². The smallest absolute Gasteiger partial charge is 0.409 e. The maximum Gasteiger partial charge on any atom is 0.409 e. The Labute approximate surface area is 272 Å². The number of hydrogen-bond donors (Lipinski definition) is 4. The number of nitrogens with two attached hydrogens (primary N) is 1. The summed E-state index contributed by atoms with van der Waals surface area (Å²) in [5.74, 6) is -0.967. The molecule has 1 fully saturated rings. The van der Waals surface area contributed by atoms with E-state index in [0.29, 0.717) is 36.3 Å². The molecule has 0 unspecified atom stereocenters. The van der Waals surface area contributed by atoms with E-state index in [2.05, 4.69) is 15.6 Å². The van der Waals surface area contributed by atoms with Crippen LogP contribution in [0.25, 0.3) is 10.8 Å². The summed E-state index contributed by atoms with van der Waals surface area (Å²) < 4.78 is 48.3. The lowest BCUT2D eigenvalue weighted by molar-refractivity contribution is -0.133. The Bertz CT molecular complexity index is 1940. The molecule has 1 saturated heterocycles. The number of pyridine rings is 1. The second-order valence-electron chi connectivity index (χ2n) is 11.3. The summed E-state index contributed by atoms with van der Waals surface area (Å²) in [6.07, 6.45) is 1.80. The average molecular weight is 664 g/mol. The highest BCUT2D eigenvalue weighted by Crippen LogP contribution is 2.40. The summed E-state index contributed by atoms with van der Waals surface area (Å²) in [5, 5.41) is 16.3. The fourth-order valence-electron chi connectivity index (χ4n) is 6.05. The van der Waals surface area contributed by atoms with E-state index in [4.69, 9.17) is 10.5 Å². The van der Waals surface area contributed by atoms with Crippen LogP contribution in [-0.4, -0.2) is 54.3 Å². The number of carbonyl (C=O) groups excluding carboxylic acids is 1. The third-order valence-electron chi connectivity index (χ3n) is 8.37. The van der Waals surface area contributed by atoms with Crippen molar-refractivity contribution in [3.63, 3.8) is 0 Å². The van der Waals surface area contributed by atoms with Crippen molar-refractivity contribution in [3.05, 3.63) is 83.3 Å². The van der Waals surface area contributed by atoms with Gasteiger partial charge in [-0.2, -0.15) is 0 Å². The van der Waals surface area contributed by atoms with Gasteiger partial charge < -0.3 is 25.8 Å². The van der Waals surface area contributed by atoms with E-state index in [0.717, 1.165) is 16.3 Å². The minimum atomic E-state index is -3.75. The minimum Gasteiger partial charge on any atom is -0.491 e. The second-order valence-corrected chi connectivity index (χ2v) is 13.5. The zero-order valence-corrected chi connectivity index (χ0v) is 27.2. The van der Waals surface area contributed by atoms with Gasteiger partial charge in [-0.05, 0) is 91.2 Å². The van der Waals surface area contributed by atoms with Gasteiger partial charge in [0.2, 0.25) is 5.91 Å². The molecule has 4 aromatic rings. The standard InChI is InChI=1S/C34H38FN5O6S/c1-4-20-16-26(30(35)28(17-20)46-5-2)31(38-22-9-11-24-21(18-22)13-14-37-32(24)36)33(41)40-15-7-8-27(40)25-19-23(39-34(42)43)10-12-29(25)47(44,45)6-3/h9-14,16-19,27,31,38-39H,4-8,15H2,1-3H3,(H2,36,37)(H,42,43)/t27-,31-/m1/s1. The molecule has 3 aromatic carbocycles. The fourth-order valence-corrected chi connectivity index (χ4v) is 7.19. The molecule has 1 aliphatic heterocycles. The summed E-state index contributed by atoms with van der Waals surface area (Å²) in [6, 6.07) is 12.6. The summed E-state index contributed by atoms with van der Waals surface area (Å²) in [6.45, 7) is 5.69. The molecule has 47 heavy (non-hydrogen) atoms. The van der Waals surface area contributed by atoms with Gasteiger partial charge in [-0.1, -0.05) is 19.9 Å². The van der Waals surface area contributed by atoms with Crippen LogP contribution in [0.15, 0.2) is 65.7 Å². The van der Waals surface area contributed by atoms with Crippen molar-refractivity contribution in [2.45, 2.75) is 57.0 Å². The second kappa shape index (κ2) is 13.8. The van der Waals surface area contributed by atoms with Gasteiger partial charge in [0.15, 0.2) is 21.4 Å². The maximum absolute atomic E-state index is 16.2. The van der Waals surface area contributed by atoms with E-state index in [1.165, 1.54) is 25.1 Å². The van der Waals surface area contributed by atoms with Crippen LogP contribution in [0.4, 0.5) is 26.4 Å². The molecule has 0 bridgehead atoms. The molecular formula is C34H38FN5O6S. The first-order valence-electron chi connectivity index (χ1n) is 15.5. The Hall–Kier alpha value is -4.91. The van der Waals surface area contributed by atoms with Gasteiger partial charge in [0, 0.05) is 35.1 Å². The van der Waals surface area contributed by atoms with Crippen molar-refractivity contribution in [1.82, 2.24) is 9.88 Å². The molecule has 248 valence electrons. The van der Waals surface area contributed by atoms with Crippen molar-refractivity contribution in [2.75, 3.05) is 35.3 Å². The molecule has 1 aromatic heterocycles. The van der Waals surface area contributed by atoms with E-state index in [1.807, 2.05) is 6.92 Å². The third-order valence-corrected chi connectivity index (χ3v) is 10.2. The number of nitrogens with zero attached hydrogens (tertiary/aromatic N) is 2. The minimum absolute atomic E-state index is 0.0173. The predicted octanol–water partition coefficient (Wildman–Crippen LogP) is 6.32. The highest BCUT2D eigenvalue weighted by atomic mass is 32.2. The first kappa shape index (κ1) is 33.5. The summed E-state index contributed by atoms with van der Waals surface area (Å²) in [4.78, 5) is 31.9. The Kier molecular flexibility index (Phi) is 9.85. The Morgan fingerprint density at radius 3 is 2.57 bits per heavy atom. The number of aryl methyl sites for hydroxylation is 1. The first-order chi connectivity index (χ1) is 22.5. The topological polar surface area (TPSA) is 164 Å². The number of hydrogen-bond acceptors (Lipinski definition) is 8. The number of benzene rings is 3. The Morgan fingerprint density at radius 2 is 1.87 bits per heavy atom. The van der Waals surface area contributed by atoms with Crippen molar-refractivity contribution < 1.29 is 32.2 Å². The predicted molar refractivity (Wildman–Crippen MR) is 179 cm³/mol. The van der Waals surface area contributed by atoms with E-state index in [9.17, 15) is 23.1 Å². The number of rotatable bonds is 11. The summed E-state index contributed by atoms with van der Waals surface area (Å²) >= 11 is 0. The lowest BCUT2D eigenvalue weighted by atomic mass is 9.98. The first-order valence-corrected chi connectivity index (χ1v) is 17.2. The third kappa shape index (κ3) is 6.94. The van der Waals surface area contributed by atoms with Gasteiger partial charge in [0.05, 0.1) is 23.3 Å². The molecule has 2 atom stereocenters. The highest BCUT2D eigenvalue weighted by molar-refractivity contribution is 7.91. The quantitative estimate of drug-likeness (QED) is 0.144. The summed E-state index contributed by atoms with van der Waals surface area (Å²) in [5.41, 5.74) is 7.90. The lowest BCUT2D eigenvalue weighted by Gasteiger charge is -2.32. The fraction of sp³-hybridized carbons (Fsp3) is 0.324. The molecule has 11 nitrogen and oxygen atoms in total. The van der Waals surface area contributed by atoms with Crippen molar-refractivity contribution >= 4 is 49.8 Å². The van der Waals surface area contributed by atoms with E-state index < -0.39 is 39.7 Å². The van der Waals surface area contributed by atoms with Crippen LogP contribution in [0, 0.1) is 5.82 Å². The molecule has 0 aliphatic carbocycles. The van der Waals surface area contributed by atoms with Gasteiger partial charge in [-0.15, -0.1) is 0 Å². The van der Waals surface area contributed by atoms with Crippen LogP contribution >= 0.6 is 0 Å². The van der Waals surface area contributed by atoms with Gasteiger partial charge >= 0.3 is 6.09 Å². The number of ether oxygens (including phenoxy) is 1. The molecule has 2 heterocycles.